The molecule has 0 spiro atoms. The Morgan fingerprint density at radius 1 is 1.26 bits per heavy atom. The van der Waals surface area contributed by atoms with Crippen LogP contribution in [0.4, 0.5) is 5.69 Å². The van der Waals surface area contributed by atoms with Gasteiger partial charge in [0.15, 0.2) is 0 Å². The van der Waals surface area contributed by atoms with Crippen LogP contribution in [0.3, 0.4) is 0 Å². The summed E-state index contributed by atoms with van der Waals surface area (Å²) in [6.07, 6.45) is 3.42. The van der Waals surface area contributed by atoms with Gasteiger partial charge in [-0.1, -0.05) is 29.8 Å². The molecule has 0 aliphatic heterocycles. The largest absolute Gasteiger partial charge is 0.399 e. The SMILES string of the molecule is Cl.Nc1ccc2c(c1)CCCC2NC(=O)Cc1cccc(Cl)c1. The summed E-state index contributed by atoms with van der Waals surface area (Å²) in [5.41, 5.74) is 10.00. The molecule has 3 N–H and O–H groups in total. The third-order valence-electron chi connectivity index (χ3n) is 4.07. The number of nitrogens with one attached hydrogen (secondary N) is 1. The first kappa shape index (κ1) is 17.6. The van der Waals surface area contributed by atoms with Crippen LogP contribution in [-0.4, -0.2) is 5.91 Å². The van der Waals surface area contributed by atoms with E-state index in [1.807, 2.05) is 42.5 Å². The number of hydrogen-bond acceptors (Lipinski definition) is 2. The highest BCUT2D eigenvalue weighted by molar-refractivity contribution is 6.30. The van der Waals surface area contributed by atoms with Crippen molar-refractivity contribution in [3.8, 4) is 0 Å². The van der Waals surface area contributed by atoms with E-state index in [0.29, 0.717) is 11.4 Å². The molecule has 0 bridgehead atoms. The monoisotopic (exact) mass is 350 g/mol. The molecule has 1 unspecified atom stereocenters. The molecule has 5 heteroatoms. The summed E-state index contributed by atoms with van der Waals surface area (Å²) in [7, 11) is 0. The fourth-order valence-corrected chi connectivity index (χ4v) is 3.27. The van der Waals surface area contributed by atoms with Crippen molar-refractivity contribution in [3.63, 3.8) is 0 Å². The van der Waals surface area contributed by atoms with Crippen molar-refractivity contribution < 1.29 is 4.79 Å². The van der Waals surface area contributed by atoms with Gasteiger partial charge in [-0.15, -0.1) is 12.4 Å². The van der Waals surface area contributed by atoms with Crippen LogP contribution in [0.1, 0.15) is 35.6 Å². The van der Waals surface area contributed by atoms with Gasteiger partial charge in [0.25, 0.3) is 0 Å². The smallest absolute Gasteiger partial charge is 0.224 e. The summed E-state index contributed by atoms with van der Waals surface area (Å²) >= 11 is 5.96. The summed E-state index contributed by atoms with van der Waals surface area (Å²) in [5.74, 6) is 0.0249. The first-order valence-electron chi connectivity index (χ1n) is 7.54. The van der Waals surface area contributed by atoms with Crippen LogP contribution in [0.15, 0.2) is 42.5 Å². The number of benzene rings is 2. The molecule has 2 aromatic rings. The Hall–Kier alpha value is -1.71. The number of aryl methyl sites for hydroxylation is 1. The fraction of sp³-hybridized carbons (Fsp3) is 0.278. The number of halogens is 2. The maximum absolute atomic E-state index is 12.3. The number of anilines is 1. The zero-order valence-electron chi connectivity index (χ0n) is 12.7. The summed E-state index contributed by atoms with van der Waals surface area (Å²) in [6, 6.07) is 13.5. The second-order valence-corrected chi connectivity index (χ2v) is 6.21. The quantitative estimate of drug-likeness (QED) is 0.819. The predicted molar refractivity (Wildman–Crippen MR) is 97.1 cm³/mol. The van der Waals surface area contributed by atoms with Crippen molar-refractivity contribution in [3.05, 3.63) is 64.2 Å². The molecule has 0 heterocycles. The molecule has 1 aliphatic carbocycles. The summed E-state index contributed by atoms with van der Waals surface area (Å²) in [4.78, 5) is 12.3. The highest BCUT2D eigenvalue weighted by Gasteiger charge is 2.21. The molecule has 1 atom stereocenters. The van der Waals surface area contributed by atoms with Crippen molar-refractivity contribution in [2.45, 2.75) is 31.7 Å². The molecule has 0 aromatic heterocycles. The lowest BCUT2D eigenvalue weighted by Crippen LogP contribution is -2.32. The second kappa shape index (κ2) is 7.71. The Bertz CT molecular complexity index is 703. The minimum atomic E-state index is 0. The number of carbonyl (C=O) groups is 1. The molecule has 3 rings (SSSR count). The number of amides is 1. The van der Waals surface area contributed by atoms with Gasteiger partial charge in [-0.05, 0) is 60.2 Å². The zero-order chi connectivity index (χ0) is 15.5. The summed E-state index contributed by atoms with van der Waals surface area (Å²) in [5, 5.41) is 3.80. The molecule has 122 valence electrons. The Balaban J connectivity index is 0.00000192. The van der Waals surface area contributed by atoms with Gasteiger partial charge < -0.3 is 11.1 Å². The lowest BCUT2D eigenvalue weighted by Gasteiger charge is -2.26. The summed E-state index contributed by atoms with van der Waals surface area (Å²) in [6.45, 7) is 0. The molecule has 0 radical (unpaired) electrons. The van der Waals surface area contributed by atoms with Crippen LogP contribution in [-0.2, 0) is 17.6 Å². The number of nitrogen functional groups attached to an aromatic ring is 1. The second-order valence-electron chi connectivity index (χ2n) is 5.78. The molecule has 23 heavy (non-hydrogen) atoms. The fourth-order valence-electron chi connectivity index (χ4n) is 3.06. The maximum atomic E-state index is 12.3. The van der Waals surface area contributed by atoms with E-state index in [-0.39, 0.29) is 24.4 Å². The average Bonchev–Trinajstić information content (AvgIpc) is 2.47. The standard InChI is InChI=1S/C18H19ClN2O.ClH/c19-14-5-1-3-12(9-14)10-18(22)21-17-6-2-4-13-11-15(20)7-8-16(13)17;/h1,3,5,7-9,11,17H,2,4,6,10,20H2,(H,21,22);1H. The molecular formula is C18H20Cl2N2O. The van der Waals surface area contributed by atoms with E-state index in [2.05, 4.69) is 5.32 Å². The minimum Gasteiger partial charge on any atom is -0.399 e. The topological polar surface area (TPSA) is 55.1 Å². The van der Waals surface area contributed by atoms with Gasteiger partial charge in [0.05, 0.1) is 12.5 Å². The van der Waals surface area contributed by atoms with E-state index >= 15 is 0 Å². The Morgan fingerprint density at radius 3 is 2.87 bits per heavy atom. The Kier molecular flexibility index (Phi) is 5.91. The number of fused-ring (bicyclic) bond motifs is 1. The van der Waals surface area contributed by atoms with Crippen LogP contribution < -0.4 is 11.1 Å². The lowest BCUT2D eigenvalue weighted by molar-refractivity contribution is -0.121. The first-order valence-corrected chi connectivity index (χ1v) is 7.92. The molecular weight excluding hydrogens is 331 g/mol. The summed E-state index contributed by atoms with van der Waals surface area (Å²) < 4.78 is 0. The zero-order valence-corrected chi connectivity index (χ0v) is 14.3. The third-order valence-corrected chi connectivity index (χ3v) is 4.31. The molecule has 3 nitrogen and oxygen atoms in total. The van der Waals surface area contributed by atoms with Crippen molar-refractivity contribution in [2.75, 3.05) is 5.73 Å². The van der Waals surface area contributed by atoms with Gasteiger partial charge in [0.2, 0.25) is 5.91 Å². The Labute approximate surface area is 147 Å². The number of carbonyl (C=O) groups excluding carboxylic acids is 1. The number of rotatable bonds is 3. The van der Waals surface area contributed by atoms with E-state index < -0.39 is 0 Å². The van der Waals surface area contributed by atoms with E-state index in [1.54, 1.807) is 0 Å². The maximum Gasteiger partial charge on any atom is 0.224 e. The van der Waals surface area contributed by atoms with Gasteiger partial charge in [-0.25, -0.2) is 0 Å². The highest BCUT2D eigenvalue weighted by atomic mass is 35.5. The molecule has 1 amide bonds. The van der Waals surface area contributed by atoms with E-state index in [0.717, 1.165) is 30.5 Å². The van der Waals surface area contributed by atoms with Crippen LogP contribution >= 0.6 is 24.0 Å². The van der Waals surface area contributed by atoms with Gasteiger partial charge in [-0.2, -0.15) is 0 Å². The lowest BCUT2D eigenvalue weighted by atomic mass is 9.87. The van der Waals surface area contributed by atoms with Gasteiger partial charge in [0.1, 0.15) is 0 Å². The van der Waals surface area contributed by atoms with E-state index in [1.165, 1.54) is 11.1 Å². The van der Waals surface area contributed by atoms with E-state index in [9.17, 15) is 4.79 Å². The van der Waals surface area contributed by atoms with Crippen LogP contribution in [0.25, 0.3) is 0 Å². The predicted octanol–water partition coefficient (Wildman–Crippen LogP) is 4.08. The van der Waals surface area contributed by atoms with Crippen LogP contribution in [0.2, 0.25) is 5.02 Å². The first-order chi connectivity index (χ1) is 10.6. The molecule has 0 saturated carbocycles. The molecule has 1 aliphatic rings. The van der Waals surface area contributed by atoms with Crippen LogP contribution in [0.5, 0.6) is 0 Å². The van der Waals surface area contributed by atoms with Gasteiger partial charge >= 0.3 is 0 Å². The number of nitrogens with two attached hydrogens (primary N) is 1. The highest BCUT2D eigenvalue weighted by Crippen LogP contribution is 2.31. The third kappa shape index (κ3) is 4.40. The molecule has 0 fully saturated rings. The van der Waals surface area contributed by atoms with E-state index in [4.69, 9.17) is 17.3 Å². The minimum absolute atomic E-state index is 0. The Morgan fingerprint density at radius 2 is 2.09 bits per heavy atom. The molecule has 0 saturated heterocycles. The normalized spacial score (nSPS) is 16.1. The number of hydrogen-bond donors (Lipinski definition) is 2. The van der Waals surface area contributed by atoms with Crippen molar-refractivity contribution in [1.82, 2.24) is 5.32 Å². The van der Waals surface area contributed by atoms with Crippen molar-refractivity contribution in [2.24, 2.45) is 0 Å². The van der Waals surface area contributed by atoms with Gasteiger partial charge in [0, 0.05) is 10.7 Å². The van der Waals surface area contributed by atoms with Crippen molar-refractivity contribution >= 4 is 35.6 Å². The van der Waals surface area contributed by atoms with Crippen molar-refractivity contribution in [1.29, 1.82) is 0 Å². The molecule has 2 aromatic carbocycles. The average molecular weight is 351 g/mol. The van der Waals surface area contributed by atoms with Crippen LogP contribution in [0, 0.1) is 0 Å². The van der Waals surface area contributed by atoms with Gasteiger partial charge in [-0.3, -0.25) is 4.79 Å².